The van der Waals surface area contributed by atoms with Crippen molar-refractivity contribution < 1.29 is 9.59 Å². The molecule has 5 nitrogen and oxygen atoms in total. The van der Waals surface area contributed by atoms with Gasteiger partial charge >= 0.3 is 0 Å². The number of nitrogens with one attached hydrogen (secondary N) is 2. The number of hydrogen-bond acceptors (Lipinski definition) is 3. The molecule has 0 saturated heterocycles. The topological polar surface area (TPSA) is 61.4 Å². The fraction of sp³-hybridized carbons (Fsp3) is 0.310. The summed E-state index contributed by atoms with van der Waals surface area (Å²) in [7, 11) is 0. The molecule has 3 aromatic rings. The van der Waals surface area contributed by atoms with E-state index >= 15 is 0 Å². The second kappa shape index (κ2) is 10.6. The Morgan fingerprint density at radius 3 is 2.26 bits per heavy atom. The van der Waals surface area contributed by atoms with Gasteiger partial charge in [0.1, 0.15) is 0 Å². The van der Waals surface area contributed by atoms with Gasteiger partial charge in [-0.25, -0.2) is 0 Å². The number of anilines is 3. The first kappa shape index (κ1) is 23.6. The number of carbonyl (C=O) groups excluding carboxylic acids is 2. The lowest BCUT2D eigenvalue weighted by Crippen LogP contribution is -2.43. The van der Waals surface area contributed by atoms with Crippen molar-refractivity contribution in [3.05, 3.63) is 89.5 Å². The number of rotatable bonds is 7. The van der Waals surface area contributed by atoms with Gasteiger partial charge < -0.3 is 15.5 Å². The molecule has 2 unspecified atom stereocenters. The van der Waals surface area contributed by atoms with Crippen LogP contribution in [-0.4, -0.2) is 24.4 Å². The molecule has 0 spiro atoms. The average Bonchev–Trinajstić information content (AvgIpc) is 2.87. The predicted molar refractivity (Wildman–Crippen MR) is 140 cm³/mol. The summed E-state index contributed by atoms with van der Waals surface area (Å²) in [6, 6.07) is 24.1. The van der Waals surface area contributed by atoms with Crippen LogP contribution < -0.4 is 15.5 Å². The molecule has 2 amide bonds. The predicted octanol–water partition coefficient (Wildman–Crippen LogP) is 6.43. The van der Waals surface area contributed by atoms with Gasteiger partial charge in [-0.1, -0.05) is 44.2 Å². The number of fused-ring (bicyclic) bond motifs is 1. The Labute approximate surface area is 202 Å². The maximum absolute atomic E-state index is 13.6. The minimum Gasteiger partial charge on any atom is -0.385 e. The zero-order valence-electron chi connectivity index (χ0n) is 20.2. The second-order valence-corrected chi connectivity index (χ2v) is 8.90. The number of amides is 2. The molecule has 0 aliphatic carbocycles. The fourth-order valence-corrected chi connectivity index (χ4v) is 4.62. The van der Waals surface area contributed by atoms with Crippen LogP contribution >= 0.6 is 0 Å². The molecule has 34 heavy (non-hydrogen) atoms. The standard InChI is InChI=1S/C29H33N3O2/c1-4-18-30-23-14-12-22(13-15-23)29(34)32-20(3)19-26(25-8-6-7-9-27(25)32)21-10-16-24(17-11-21)31-28(33)5-2/h6-17,20,26,30H,4-5,18-19H2,1-3H3,(H,31,33). The number of hydrogen-bond donors (Lipinski definition) is 2. The van der Waals surface area contributed by atoms with Gasteiger partial charge in [0.25, 0.3) is 5.91 Å². The molecule has 1 aliphatic rings. The highest BCUT2D eigenvalue weighted by molar-refractivity contribution is 6.07. The van der Waals surface area contributed by atoms with Gasteiger partial charge in [0, 0.05) is 47.6 Å². The summed E-state index contributed by atoms with van der Waals surface area (Å²) >= 11 is 0. The van der Waals surface area contributed by atoms with E-state index in [1.165, 1.54) is 5.56 Å². The maximum atomic E-state index is 13.6. The number of benzene rings is 3. The lowest BCUT2D eigenvalue weighted by Gasteiger charge is -2.39. The molecule has 0 fully saturated rings. The third kappa shape index (κ3) is 4.98. The minimum absolute atomic E-state index is 0.00714. The molecular formula is C29H33N3O2. The van der Waals surface area contributed by atoms with Crippen molar-refractivity contribution in [1.82, 2.24) is 0 Å². The van der Waals surface area contributed by atoms with Gasteiger partial charge in [0.15, 0.2) is 0 Å². The van der Waals surface area contributed by atoms with Crippen molar-refractivity contribution in [2.24, 2.45) is 0 Å². The average molecular weight is 456 g/mol. The van der Waals surface area contributed by atoms with Crippen LogP contribution in [0.25, 0.3) is 0 Å². The van der Waals surface area contributed by atoms with Crippen LogP contribution in [0.15, 0.2) is 72.8 Å². The van der Waals surface area contributed by atoms with Crippen molar-refractivity contribution in [3.8, 4) is 0 Å². The molecule has 1 heterocycles. The van der Waals surface area contributed by atoms with Crippen molar-refractivity contribution in [2.45, 2.75) is 52.0 Å². The van der Waals surface area contributed by atoms with Crippen molar-refractivity contribution >= 4 is 28.9 Å². The van der Waals surface area contributed by atoms with Gasteiger partial charge in [0.05, 0.1) is 0 Å². The van der Waals surface area contributed by atoms with E-state index < -0.39 is 0 Å². The molecule has 4 rings (SSSR count). The third-order valence-electron chi connectivity index (χ3n) is 6.44. The Balaban J connectivity index is 1.60. The van der Waals surface area contributed by atoms with E-state index in [0.717, 1.165) is 42.0 Å². The van der Waals surface area contributed by atoms with Crippen molar-refractivity contribution in [3.63, 3.8) is 0 Å². The van der Waals surface area contributed by atoms with Crippen LogP contribution in [0.1, 0.15) is 67.4 Å². The SMILES string of the molecule is CCCNc1ccc(C(=O)N2c3ccccc3C(c3ccc(NC(=O)CC)cc3)CC2C)cc1. The summed E-state index contributed by atoms with van der Waals surface area (Å²) in [5.74, 6) is 0.220. The van der Waals surface area contributed by atoms with Gasteiger partial charge in [-0.15, -0.1) is 0 Å². The molecule has 0 radical (unpaired) electrons. The van der Waals surface area contributed by atoms with E-state index in [9.17, 15) is 9.59 Å². The number of carbonyl (C=O) groups is 2. The monoisotopic (exact) mass is 455 g/mol. The molecule has 176 valence electrons. The first-order chi connectivity index (χ1) is 16.5. The smallest absolute Gasteiger partial charge is 0.258 e. The fourth-order valence-electron chi connectivity index (χ4n) is 4.62. The molecule has 0 aromatic heterocycles. The highest BCUT2D eigenvalue weighted by atomic mass is 16.2. The number of para-hydroxylation sites is 1. The maximum Gasteiger partial charge on any atom is 0.258 e. The lowest BCUT2D eigenvalue weighted by atomic mass is 9.81. The third-order valence-corrected chi connectivity index (χ3v) is 6.44. The normalized spacial score (nSPS) is 17.1. The molecule has 0 bridgehead atoms. The summed E-state index contributed by atoms with van der Waals surface area (Å²) in [4.78, 5) is 27.2. The Morgan fingerprint density at radius 1 is 0.912 bits per heavy atom. The summed E-state index contributed by atoms with van der Waals surface area (Å²) in [6.07, 6.45) is 2.34. The van der Waals surface area contributed by atoms with Gasteiger partial charge in [-0.05, 0) is 73.4 Å². The summed E-state index contributed by atoms with van der Waals surface area (Å²) in [5, 5.41) is 6.27. The van der Waals surface area contributed by atoms with E-state index in [4.69, 9.17) is 0 Å². The zero-order chi connectivity index (χ0) is 24.1. The van der Waals surface area contributed by atoms with Crippen LogP contribution in [0.5, 0.6) is 0 Å². The van der Waals surface area contributed by atoms with E-state index in [2.05, 4.69) is 42.7 Å². The van der Waals surface area contributed by atoms with E-state index in [1.54, 1.807) is 0 Å². The summed E-state index contributed by atoms with van der Waals surface area (Å²) in [5.41, 5.74) is 5.84. The Morgan fingerprint density at radius 2 is 1.59 bits per heavy atom. The summed E-state index contributed by atoms with van der Waals surface area (Å²) in [6.45, 7) is 7.01. The number of nitrogens with zero attached hydrogens (tertiary/aromatic N) is 1. The molecule has 0 saturated carbocycles. The van der Waals surface area contributed by atoms with E-state index in [1.807, 2.05) is 66.4 Å². The summed E-state index contributed by atoms with van der Waals surface area (Å²) < 4.78 is 0. The van der Waals surface area contributed by atoms with Crippen LogP contribution in [-0.2, 0) is 4.79 Å². The van der Waals surface area contributed by atoms with E-state index in [-0.39, 0.29) is 23.8 Å². The van der Waals surface area contributed by atoms with Crippen LogP contribution in [0, 0.1) is 0 Å². The van der Waals surface area contributed by atoms with Crippen LogP contribution in [0.3, 0.4) is 0 Å². The van der Waals surface area contributed by atoms with Gasteiger partial charge in [0.2, 0.25) is 5.91 Å². The zero-order valence-corrected chi connectivity index (χ0v) is 20.2. The van der Waals surface area contributed by atoms with Crippen LogP contribution in [0.2, 0.25) is 0 Å². The molecule has 5 heteroatoms. The molecule has 2 atom stereocenters. The van der Waals surface area contributed by atoms with E-state index in [0.29, 0.717) is 12.0 Å². The Kier molecular flexibility index (Phi) is 7.31. The second-order valence-electron chi connectivity index (χ2n) is 8.90. The first-order valence-electron chi connectivity index (χ1n) is 12.2. The minimum atomic E-state index is 0.00714. The highest BCUT2D eigenvalue weighted by Gasteiger charge is 2.34. The van der Waals surface area contributed by atoms with Gasteiger partial charge in [-0.3, -0.25) is 9.59 Å². The van der Waals surface area contributed by atoms with Crippen molar-refractivity contribution in [1.29, 1.82) is 0 Å². The Hall–Kier alpha value is -3.60. The molecule has 2 N–H and O–H groups in total. The Bertz CT molecular complexity index is 1140. The van der Waals surface area contributed by atoms with Crippen molar-refractivity contribution in [2.75, 3.05) is 22.1 Å². The molecule has 3 aromatic carbocycles. The molecule has 1 aliphatic heterocycles. The molecular weight excluding hydrogens is 422 g/mol. The lowest BCUT2D eigenvalue weighted by molar-refractivity contribution is -0.115. The van der Waals surface area contributed by atoms with Gasteiger partial charge in [-0.2, -0.15) is 0 Å². The van der Waals surface area contributed by atoms with Crippen LogP contribution in [0.4, 0.5) is 17.1 Å². The quantitative estimate of drug-likeness (QED) is 0.432. The highest BCUT2D eigenvalue weighted by Crippen LogP contribution is 2.42. The largest absolute Gasteiger partial charge is 0.385 e. The first-order valence-corrected chi connectivity index (χ1v) is 12.2.